The summed E-state index contributed by atoms with van der Waals surface area (Å²) in [5, 5.41) is 13.1. The van der Waals surface area contributed by atoms with Gasteiger partial charge in [0.1, 0.15) is 23.7 Å². The highest BCUT2D eigenvalue weighted by atomic mass is 16.5. The number of hydrogen-bond acceptors (Lipinski definition) is 5. The monoisotopic (exact) mass is 360 g/mol. The number of carbonyl (C=O) groups excluding carboxylic acids is 1. The van der Waals surface area contributed by atoms with E-state index in [-0.39, 0.29) is 31.0 Å². The third-order valence-electron chi connectivity index (χ3n) is 4.66. The van der Waals surface area contributed by atoms with Crippen molar-refractivity contribution in [3.8, 4) is 5.75 Å². The average Bonchev–Trinajstić information content (AvgIpc) is 3.04. The Labute approximate surface area is 151 Å². The summed E-state index contributed by atoms with van der Waals surface area (Å²) in [6, 6.07) is 8.99. The summed E-state index contributed by atoms with van der Waals surface area (Å²) in [7, 11) is 0. The van der Waals surface area contributed by atoms with Crippen LogP contribution in [0.4, 0.5) is 0 Å². The molecule has 26 heavy (non-hydrogen) atoms. The van der Waals surface area contributed by atoms with E-state index in [1.807, 2.05) is 31.2 Å². The molecule has 1 aromatic heterocycles. The molecule has 0 saturated carbocycles. The van der Waals surface area contributed by atoms with Gasteiger partial charge in [-0.25, -0.2) is 0 Å². The van der Waals surface area contributed by atoms with Crippen LogP contribution in [-0.4, -0.2) is 46.4 Å². The van der Waals surface area contributed by atoms with Crippen LogP contribution in [0.15, 0.2) is 39.6 Å². The number of benzene rings is 1. The molecule has 1 fully saturated rings. The van der Waals surface area contributed by atoms with Crippen molar-refractivity contribution in [3.63, 3.8) is 0 Å². The number of aryl methyl sites for hydroxylation is 2. The fourth-order valence-electron chi connectivity index (χ4n) is 3.21. The Balaban J connectivity index is 1.54. The maximum absolute atomic E-state index is 12.4. The Hall–Kier alpha value is -2.54. The molecule has 0 unspecified atom stereocenters. The number of H-pyrrole nitrogens is 1. The Morgan fingerprint density at radius 3 is 2.96 bits per heavy atom. The molecular formula is C19H24N2O5. The highest BCUT2D eigenvalue weighted by Gasteiger charge is 2.36. The van der Waals surface area contributed by atoms with Gasteiger partial charge >= 0.3 is 0 Å². The summed E-state index contributed by atoms with van der Waals surface area (Å²) in [5.74, 6) is 1.13. The molecule has 0 radical (unpaired) electrons. The van der Waals surface area contributed by atoms with Gasteiger partial charge in [0.2, 0.25) is 5.91 Å². The molecule has 0 spiro atoms. The van der Waals surface area contributed by atoms with Crippen molar-refractivity contribution in [1.29, 1.82) is 0 Å². The van der Waals surface area contributed by atoms with E-state index >= 15 is 0 Å². The van der Waals surface area contributed by atoms with E-state index in [4.69, 9.17) is 9.26 Å². The zero-order chi connectivity index (χ0) is 18.6. The first-order valence-corrected chi connectivity index (χ1v) is 8.81. The van der Waals surface area contributed by atoms with Crippen molar-refractivity contribution >= 4 is 5.91 Å². The van der Waals surface area contributed by atoms with Crippen LogP contribution in [0.3, 0.4) is 0 Å². The number of para-hydroxylation sites is 1. The Morgan fingerprint density at radius 1 is 1.42 bits per heavy atom. The number of likely N-dealkylation sites (tertiary alicyclic amines) is 1. The van der Waals surface area contributed by atoms with E-state index in [9.17, 15) is 14.7 Å². The van der Waals surface area contributed by atoms with Crippen molar-refractivity contribution in [2.75, 3.05) is 19.7 Å². The molecule has 1 aliphatic rings. The number of ether oxygens (including phenoxy) is 1. The Bertz CT molecular complexity index is 812. The number of aromatic amines is 1. The predicted molar refractivity (Wildman–Crippen MR) is 95.1 cm³/mol. The minimum absolute atomic E-state index is 0.0668. The van der Waals surface area contributed by atoms with Crippen LogP contribution in [0.5, 0.6) is 5.75 Å². The lowest BCUT2D eigenvalue weighted by Gasteiger charge is -2.39. The summed E-state index contributed by atoms with van der Waals surface area (Å²) in [5.41, 5.74) is -0.363. The van der Waals surface area contributed by atoms with Crippen molar-refractivity contribution in [2.45, 2.75) is 38.2 Å². The molecule has 2 aromatic rings. The largest absolute Gasteiger partial charge is 0.490 e. The van der Waals surface area contributed by atoms with Gasteiger partial charge in [-0.15, -0.1) is 0 Å². The van der Waals surface area contributed by atoms with E-state index in [1.165, 1.54) is 6.07 Å². The molecular weight excluding hydrogens is 336 g/mol. The van der Waals surface area contributed by atoms with Crippen LogP contribution < -0.4 is 10.3 Å². The highest BCUT2D eigenvalue weighted by Crippen LogP contribution is 2.25. The number of carbonyl (C=O) groups is 1. The number of piperidine rings is 1. The van der Waals surface area contributed by atoms with Gasteiger partial charge in [-0.1, -0.05) is 18.2 Å². The third kappa shape index (κ3) is 4.54. The first-order chi connectivity index (χ1) is 12.5. The van der Waals surface area contributed by atoms with Crippen LogP contribution in [0.1, 0.15) is 30.6 Å². The summed E-state index contributed by atoms with van der Waals surface area (Å²) in [4.78, 5) is 25.1. The first-order valence-electron chi connectivity index (χ1n) is 8.81. The Kier molecular flexibility index (Phi) is 5.46. The second kappa shape index (κ2) is 7.78. The second-order valence-electron chi connectivity index (χ2n) is 6.88. The zero-order valence-electron chi connectivity index (χ0n) is 14.9. The molecule has 1 amide bonds. The summed E-state index contributed by atoms with van der Waals surface area (Å²) >= 11 is 0. The minimum Gasteiger partial charge on any atom is -0.490 e. The van der Waals surface area contributed by atoms with Crippen molar-refractivity contribution in [1.82, 2.24) is 10.1 Å². The molecule has 1 saturated heterocycles. The SMILES string of the molecule is Cc1ccccc1OC[C@]1(O)CCCN(C(=O)CCc2cc(=O)[nH]o2)C1. The lowest BCUT2D eigenvalue weighted by Crippen LogP contribution is -2.53. The summed E-state index contributed by atoms with van der Waals surface area (Å²) < 4.78 is 10.8. The number of aliphatic hydroxyl groups is 1. The fraction of sp³-hybridized carbons (Fsp3) is 0.474. The van der Waals surface area contributed by atoms with Crippen LogP contribution in [0.25, 0.3) is 0 Å². The number of nitrogens with zero attached hydrogens (tertiary/aromatic N) is 1. The van der Waals surface area contributed by atoms with E-state index in [1.54, 1.807) is 4.90 Å². The van der Waals surface area contributed by atoms with Gasteiger partial charge in [0, 0.05) is 25.5 Å². The van der Waals surface area contributed by atoms with Crippen LogP contribution >= 0.6 is 0 Å². The van der Waals surface area contributed by atoms with E-state index in [2.05, 4.69) is 5.16 Å². The number of rotatable bonds is 6. The molecule has 2 N–H and O–H groups in total. The second-order valence-corrected chi connectivity index (χ2v) is 6.88. The van der Waals surface area contributed by atoms with Crippen molar-refractivity contribution < 1.29 is 19.2 Å². The lowest BCUT2D eigenvalue weighted by atomic mass is 9.93. The minimum atomic E-state index is -1.06. The topological polar surface area (TPSA) is 95.8 Å². The highest BCUT2D eigenvalue weighted by molar-refractivity contribution is 5.76. The lowest BCUT2D eigenvalue weighted by molar-refractivity contribution is -0.140. The maximum Gasteiger partial charge on any atom is 0.280 e. The Morgan fingerprint density at radius 2 is 2.23 bits per heavy atom. The number of hydrogen-bond donors (Lipinski definition) is 2. The van der Waals surface area contributed by atoms with Crippen LogP contribution in [-0.2, 0) is 11.2 Å². The molecule has 3 rings (SSSR count). The molecule has 140 valence electrons. The number of β-amino-alcohol motifs (C(OH)–C–C–N with tert-alkyl or cyclic N) is 1. The molecule has 2 heterocycles. The predicted octanol–water partition coefficient (Wildman–Crippen LogP) is 1.64. The molecule has 7 heteroatoms. The molecule has 1 aliphatic heterocycles. The number of aromatic nitrogens is 1. The van der Waals surface area contributed by atoms with Gasteiger partial charge in [0.05, 0.1) is 6.54 Å². The van der Waals surface area contributed by atoms with Gasteiger partial charge in [-0.2, -0.15) is 5.16 Å². The summed E-state index contributed by atoms with van der Waals surface area (Å²) in [6.07, 6.45) is 1.90. The summed E-state index contributed by atoms with van der Waals surface area (Å²) in [6.45, 7) is 2.96. The van der Waals surface area contributed by atoms with Gasteiger partial charge in [0.15, 0.2) is 0 Å². The quantitative estimate of drug-likeness (QED) is 0.816. The van der Waals surface area contributed by atoms with E-state index in [0.29, 0.717) is 25.1 Å². The van der Waals surface area contributed by atoms with Gasteiger partial charge in [0.25, 0.3) is 5.56 Å². The maximum atomic E-state index is 12.4. The smallest absolute Gasteiger partial charge is 0.280 e. The molecule has 1 atom stereocenters. The average molecular weight is 360 g/mol. The van der Waals surface area contributed by atoms with Crippen LogP contribution in [0.2, 0.25) is 0 Å². The van der Waals surface area contributed by atoms with E-state index < -0.39 is 5.60 Å². The van der Waals surface area contributed by atoms with Gasteiger partial charge in [-0.3, -0.25) is 9.59 Å². The fourth-order valence-corrected chi connectivity index (χ4v) is 3.21. The standard InChI is InChI=1S/C19H24N2O5/c1-14-5-2-3-6-16(14)25-13-19(24)9-4-10-21(12-19)18(23)8-7-15-11-17(22)20-26-15/h2-3,5-6,11,24H,4,7-10,12-13H2,1H3,(H,20,22)/t19-/m0/s1. The molecule has 0 aliphatic carbocycles. The zero-order valence-corrected chi connectivity index (χ0v) is 14.9. The van der Waals surface area contributed by atoms with E-state index in [0.717, 1.165) is 17.7 Å². The molecule has 1 aromatic carbocycles. The number of amides is 1. The number of nitrogens with one attached hydrogen (secondary N) is 1. The van der Waals surface area contributed by atoms with Gasteiger partial charge < -0.3 is 19.3 Å². The van der Waals surface area contributed by atoms with Crippen molar-refractivity contribution in [2.24, 2.45) is 0 Å². The normalized spacial score (nSPS) is 20.2. The van der Waals surface area contributed by atoms with Crippen molar-refractivity contribution in [3.05, 3.63) is 52.0 Å². The van der Waals surface area contributed by atoms with Gasteiger partial charge in [-0.05, 0) is 31.4 Å². The van der Waals surface area contributed by atoms with Crippen LogP contribution in [0, 0.1) is 6.92 Å². The molecule has 7 nitrogen and oxygen atoms in total. The molecule has 0 bridgehead atoms. The first kappa shape index (κ1) is 18.3. The third-order valence-corrected chi connectivity index (χ3v) is 4.66.